The minimum atomic E-state index is -0.0736. The van der Waals surface area contributed by atoms with E-state index in [2.05, 4.69) is 16.4 Å². The van der Waals surface area contributed by atoms with Crippen molar-refractivity contribution in [2.24, 2.45) is 0 Å². The highest BCUT2D eigenvalue weighted by Gasteiger charge is 2.10. The van der Waals surface area contributed by atoms with Gasteiger partial charge in [-0.05, 0) is 49.7 Å². The summed E-state index contributed by atoms with van der Waals surface area (Å²) < 4.78 is 5.08. The number of aryl methyl sites for hydroxylation is 2. The van der Waals surface area contributed by atoms with E-state index in [0.717, 1.165) is 22.7 Å². The van der Waals surface area contributed by atoms with Crippen molar-refractivity contribution in [3.8, 4) is 11.8 Å². The number of carbonyl (C=O) groups excluding carboxylic acids is 1. The fourth-order valence-corrected chi connectivity index (χ4v) is 3.22. The zero-order valence-electron chi connectivity index (χ0n) is 13.9. The highest BCUT2D eigenvalue weighted by atomic mass is 32.2. The summed E-state index contributed by atoms with van der Waals surface area (Å²) in [6, 6.07) is 11.3. The Bertz CT molecular complexity index is 767. The number of carbonyl (C=O) groups is 1. The average molecular weight is 341 g/mol. The van der Waals surface area contributed by atoms with E-state index in [0.29, 0.717) is 22.8 Å². The summed E-state index contributed by atoms with van der Waals surface area (Å²) in [5, 5.41) is 12.8. The van der Waals surface area contributed by atoms with Gasteiger partial charge in [-0.15, -0.1) is 11.8 Å². The molecule has 0 unspecified atom stereocenters. The minimum absolute atomic E-state index is 0.0736. The second-order valence-electron chi connectivity index (χ2n) is 5.25. The quantitative estimate of drug-likeness (QED) is 0.811. The molecule has 2 rings (SSSR count). The third kappa shape index (κ3) is 4.74. The molecule has 0 saturated carbocycles. The van der Waals surface area contributed by atoms with Gasteiger partial charge in [0, 0.05) is 23.6 Å². The van der Waals surface area contributed by atoms with Crippen LogP contribution in [0.25, 0.3) is 0 Å². The molecule has 0 aliphatic rings. The Morgan fingerprint density at radius 2 is 2.04 bits per heavy atom. The fraction of sp³-hybridized carbons (Fsp3) is 0.278. The van der Waals surface area contributed by atoms with Crippen LogP contribution in [0.1, 0.15) is 23.2 Å². The molecule has 0 atom stereocenters. The predicted octanol–water partition coefficient (Wildman–Crippen LogP) is 3.70. The standard InChI is InChI=1S/C18H19N3O2S/c1-12-10-13(2)20-18(16(12)11-19)24-9-8-17(22)21-14-4-6-15(23-3)7-5-14/h4-7,10H,8-9H2,1-3H3,(H,21,22). The maximum Gasteiger partial charge on any atom is 0.225 e. The van der Waals surface area contributed by atoms with Crippen LogP contribution in [0.15, 0.2) is 35.4 Å². The van der Waals surface area contributed by atoms with Crippen molar-refractivity contribution in [2.45, 2.75) is 25.3 Å². The molecule has 0 aliphatic carbocycles. The first kappa shape index (κ1) is 17.8. The van der Waals surface area contributed by atoms with E-state index in [4.69, 9.17) is 4.74 Å². The van der Waals surface area contributed by atoms with Crippen LogP contribution in [0.5, 0.6) is 5.75 Å². The Labute approximate surface area is 146 Å². The summed E-state index contributed by atoms with van der Waals surface area (Å²) in [6.07, 6.45) is 0.343. The molecule has 0 bridgehead atoms. The largest absolute Gasteiger partial charge is 0.497 e. The van der Waals surface area contributed by atoms with E-state index < -0.39 is 0 Å². The molecule has 5 nitrogen and oxygen atoms in total. The SMILES string of the molecule is COc1ccc(NC(=O)CCSc2nc(C)cc(C)c2C#N)cc1. The van der Waals surface area contributed by atoms with Gasteiger partial charge >= 0.3 is 0 Å². The molecule has 0 aliphatic heterocycles. The number of anilines is 1. The number of benzene rings is 1. The summed E-state index contributed by atoms with van der Waals surface area (Å²) in [5.74, 6) is 1.23. The molecule has 124 valence electrons. The third-order valence-corrected chi connectivity index (χ3v) is 4.34. The summed E-state index contributed by atoms with van der Waals surface area (Å²) in [6.45, 7) is 3.79. The molecule has 6 heteroatoms. The van der Waals surface area contributed by atoms with E-state index in [1.807, 2.05) is 19.9 Å². The van der Waals surface area contributed by atoms with Gasteiger partial charge in [0.25, 0.3) is 0 Å². The Balaban J connectivity index is 1.90. The van der Waals surface area contributed by atoms with Gasteiger partial charge in [-0.1, -0.05) is 0 Å². The maximum absolute atomic E-state index is 12.0. The first-order valence-electron chi connectivity index (χ1n) is 7.48. The summed E-state index contributed by atoms with van der Waals surface area (Å²) in [5.41, 5.74) is 3.10. The lowest BCUT2D eigenvalue weighted by Crippen LogP contribution is -2.12. The second-order valence-corrected chi connectivity index (χ2v) is 6.33. The number of hydrogen-bond donors (Lipinski definition) is 1. The number of methoxy groups -OCH3 is 1. The van der Waals surface area contributed by atoms with Crippen molar-refractivity contribution >= 4 is 23.4 Å². The number of rotatable bonds is 6. The van der Waals surface area contributed by atoms with Gasteiger partial charge in [-0.2, -0.15) is 5.26 Å². The van der Waals surface area contributed by atoms with Crippen LogP contribution >= 0.6 is 11.8 Å². The van der Waals surface area contributed by atoms with Crippen LogP contribution in [-0.4, -0.2) is 23.8 Å². The Morgan fingerprint density at radius 3 is 2.67 bits per heavy atom. The molecular formula is C18H19N3O2S. The van der Waals surface area contributed by atoms with Crippen molar-refractivity contribution in [3.05, 3.63) is 47.2 Å². The topological polar surface area (TPSA) is 75.0 Å². The Kier molecular flexibility index (Phi) is 6.21. The van der Waals surface area contributed by atoms with Crippen molar-refractivity contribution in [1.82, 2.24) is 4.98 Å². The smallest absolute Gasteiger partial charge is 0.225 e. The highest BCUT2D eigenvalue weighted by Crippen LogP contribution is 2.24. The van der Waals surface area contributed by atoms with E-state index >= 15 is 0 Å². The zero-order valence-corrected chi connectivity index (χ0v) is 14.7. The second kappa shape index (κ2) is 8.37. The summed E-state index contributed by atoms with van der Waals surface area (Å²) in [7, 11) is 1.60. The molecule has 1 aromatic carbocycles. The van der Waals surface area contributed by atoms with Gasteiger partial charge < -0.3 is 10.1 Å². The lowest BCUT2D eigenvalue weighted by molar-refractivity contribution is -0.115. The van der Waals surface area contributed by atoms with E-state index in [-0.39, 0.29) is 5.91 Å². The number of thioether (sulfide) groups is 1. The third-order valence-electron chi connectivity index (χ3n) is 3.36. The van der Waals surface area contributed by atoms with Crippen LogP contribution in [0, 0.1) is 25.2 Å². The summed E-state index contributed by atoms with van der Waals surface area (Å²) >= 11 is 1.43. The Hall–Kier alpha value is -2.52. The molecule has 1 N–H and O–H groups in total. The van der Waals surface area contributed by atoms with Gasteiger partial charge in [0.15, 0.2) is 0 Å². The van der Waals surface area contributed by atoms with Crippen molar-refractivity contribution < 1.29 is 9.53 Å². The minimum Gasteiger partial charge on any atom is -0.497 e. The van der Waals surface area contributed by atoms with Gasteiger partial charge in [0.1, 0.15) is 16.8 Å². The highest BCUT2D eigenvalue weighted by molar-refractivity contribution is 7.99. The van der Waals surface area contributed by atoms with Crippen LogP contribution in [0.3, 0.4) is 0 Å². The lowest BCUT2D eigenvalue weighted by Gasteiger charge is -2.08. The Morgan fingerprint density at radius 1 is 1.33 bits per heavy atom. The predicted molar refractivity (Wildman–Crippen MR) is 95.4 cm³/mol. The fourth-order valence-electron chi connectivity index (χ4n) is 2.18. The molecule has 1 amide bonds. The van der Waals surface area contributed by atoms with Gasteiger partial charge in [-0.3, -0.25) is 4.79 Å². The van der Waals surface area contributed by atoms with Gasteiger partial charge in [0.05, 0.1) is 12.7 Å². The first-order valence-corrected chi connectivity index (χ1v) is 8.47. The molecule has 2 aromatic rings. The first-order chi connectivity index (χ1) is 11.5. The number of nitrogens with one attached hydrogen (secondary N) is 1. The summed E-state index contributed by atoms with van der Waals surface area (Å²) in [4.78, 5) is 16.4. The number of nitrogens with zero attached hydrogens (tertiary/aromatic N) is 2. The number of hydrogen-bond acceptors (Lipinski definition) is 5. The monoisotopic (exact) mass is 341 g/mol. The maximum atomic E-state index is 12.0. The van der Waals surface area contributed by atoms with Crippen LogP contribution in [0.2, 0.25) is 0 Å². The average Bonchev–Trinajstić information content (AvgIpc) is 2.55. The van der Waals surface area contributed by atoms with Crippen molar-refractivity contribution in [3.63, 3.8) is 0 Å². The zero-order chi connectivity index (χ0) is 17.5. The van der Waals surface area contributed by atoms with E-state index in [1.165, 1.54) is 11.8 Å². The van der Waals surface area contributed by atoms with E-state index in [1.54, 1.807) is 31.4 Å². The molecule has 0 spiro atoms. The molecule has 1 aromatic heterocycles. The number of ether oxygens (including phenoxy) is 1. The van der Waals surface area contributed by atoms with Crippen molar-refractivity contribution in [2.75, 3.05) is 18.2 Å². The molecule has 0 radical (unpaired) electrons. The van der Waals surface area contributed by atoms with Crippen LogP contribution in [0.4, 0.5) is 5.69 Å². The lowest BCUT2D eigenvalue weighted by atomic mass is 10.1. The molecular weight excluding hydrogens is 322 g/mol. The van der Waals surface area contributed by atoms with Crippen LogP contribution in [-0.2, 0) is 4.79 Å². The van der Waals surface area contributed by atoms with E-state index in [9.17, 15) is 10.1 Å². The number of amides is 1. The van der Waals surface area contributed by atoms with Crippen molar-refractivity contribution in [1.29, 1.82) is 5.26 Å². The molecule has 1 heterocycles. The molecule has 0 saturated heterocycles. The molecule has 0 fully saturated rings. The van der Waals surface area contributed by atoms with Crippen LogP contribution < -0.4 is 10.1 Å². The van der Waals surface area contributed by atoms with Gasteiger partial charge in [0.2, 0.25) is 5.91 Å². The number of pyridine rings is 1. The van der Waals surface area contributed by atoms with Gasteiger partial charge in [-0.25, -0.2) is 4.98 Å². The number of aromatic nitrogens is 1. The normalized spacial score (nSPS) is 10.1. The molecule has 24 heavy (non-hydrogen) atoms. The number of nitriles is 1.